The fraction of sp³-hybridized carbons (Fsp3) is 0.333. The highest BCUT2D eigenvalue weighted by molar-refractivity contribution is 7.92. The first-order chi connectivity index (χ1) is 18.5. The van der Waals surface area contributed by atoms with E-state index in [9.17, 15) is 8.42 Å². The van der Waals surface area contributed by atoms with Crippen molar-refractivity contribution in [3.8, 4) is 11.3 Å². The van der Waals surface area contributed by atoms with Gasteiger partial charge >= 0.3 is 0 Å². The third-order valence-corrected chi connectivity index (χ3v) is 9.03. The molecule has 0 amide bonds. The molecule has 1 aliphatic carbocycles. The molecule has 0 atom stereocenters. The van der Waals surface area contributed by atoms with Crippen LogP contribution in [-0.4, -0.2) is 29.2 Å². The van der Waals surface area contributed by atoms with Crippen molar-refractivity contribution >= 4 is 44.0 Å². The van der Waals surface area contributed by atoms with E-state index >= 15 is 8.78 Å². The molecule has 1 aliphatic rings. The summed E-state index contributed by atoms with van der Waals surface area (Å²) in [6, 6.07) is 7.45. The number of hydrogen-bond acceptors (Lipinski definition) is 6. The smallest absolute Gasteiger partial charge is 0.263 e. The molecule has 2 heterocycles. The highest BCUT2D eigenvalue weighted by atomic mass is 35.5. The van der Waals surface area contributed by atoms with Crippen LogP contribution in [0, 0.1) is 11.6 Å². The molecule has 1 saturated carbocycles. The van der Waals surface area contributed by atoms with E-state index in [1.54, 1.807) is 16.9 Å². The Morgan fingerprint density at radius 2 is 1.79 bits per heavy atom. The van der Waals surface area contributed by atoms with E-state index < -0.39 is 27.3 Å². The summed E-state index contributed by atoms with van der Waals surface area (Å²) in [6.45, 7) is 3.88. The Labute approximate surface area is 230 Å². The van der Waals surface area contributed by atoms with Crippen LogP contribution in [0.15, 0.2) is 47.5 Å². The number of aromatic nitrogens is 3. The van der Waals surface area contributed by atoms with Gasteiger partial charge in [0.05, 0.1) is 21.6 Å². The molecule has 0 unspecified atom stereocenters. The number of rotatable bonds is 6. The number of fused-ring (bicyclic) bond motifs is 1. The fourth-order valence-corrected chi connectivity index (χ4v) is 6.76. The molecule has 0 radical (unpaired) electrons. The minimum absolute atomic E-state index is 0.0491. The summed E-state index contributed by atoms with van der Waals surface area (Å²) < 4.78 is 60.4. The summed E-state index contributed by atoms with van der Waals surface area (Å²) >= 11 is 6.00. The maximum atomic E-state index is 15.6. The quantitative estimate of drug-likeness (QED) is 0.260. The maximum absolute atomic E-state index is 15.6. The first kappa shape index (κ1) is 27.3. The van der Waals surface area contributed by atoms with Crippen LogP contribution in [0.2, 0.25) is 5.02 Å². The first-order valence-electron chi connectivity index (χ1n) is 12.7. The number of benzene rings is 2. The van der Waals surface area contributed by atoms with Crippen molar-refractivity contribution in [2.75, 3.05) is 10.5 Å². The summed E-state index contributed by atoms with van der Waals surface area (Å²) in [5.41, 5.74) is 13.5. The molecule has 206 valence electrons. The molecule has 2 aromatic heterocycles. The second-order valence-corrected chi connectivity index (χ2v) is 12.2. The molecule has 0 spiro atoms. The molecule has 2 aromatic carbocycles. The van der Waals surface area contributed by atoms with Crippen molar-refractivity contribution in [3.05, 3.63) is 64.8 Å². The zero-order valence-electron chi connectivity index (χ0n) is 21.5. The highest BCUT2D eigenvalue weighted by Gasteiger charge is 2.29. The molecule has 5 rings (SSSR count). The van der Waals surface area contributed by atoms with E-state index in [0.29, 0.717) is 5.39 Å². The molecule has 5 N–H and O–H groups in total. The average molecular weight is 575 g/mol. The van der Waals surface area contributed by atoms with Gasteiger partial charge in [0.15, 0.2) is 0 Å². The van der Waals surface area contributed by atoms with E-state index in [4.69, 9.17) is 23.1 Å². The van der Waals surface area contributed by atoms with Crippen molar-refractivity contribution in [1.29, 1.82) is 0 Å². The lowest BCUT2D eigenvalue weighted by molar-refractivity contribution is 0.395. The normalized spacial score (nSPS) is 18.1. The van der Waals surface area contributed by atoms with Crippen LogP contribution < -0.4 is 16.2 Å². The Bertz CT molecular complexity index is 1670. The van der Waals surface area contributed by atoms with Crippen LogP contribution in [0.3, 0.4) is 0 Å². The number of nitrogen functional groups attached to an aromatic ring is 1. The van der Waals surface area contributed by atoms with Crippen LogP contribution >= 0.6 is 11.6 Å². The number of nitrogens with two attached hydrogens (primary N) is 2. The second kappa shape index (κ2) is 10.4. The third kappa shape index (κ3) is 5.06. The third-order valence-electron chi connectivity index (χ3n) is 7.17. The number of hydrogen-bond donors (Lipinski definition) is 3. The zero-order valence-corrected chi connectivity index (χ0v) is 23.0. The standard InChI is InChI=1S/C27H29ClF2N6O2S/c1-14(2)36-26-18(15-7-9-16(31)10-8-15)13-33-27(32)24(26)25(34-36)17-11-21(30)22(12-20(17)29)35-39(37,38)23-6-4-3-5-19(23)28/h3-6,11-16,35H,7-10,31H2,1-2H3,(H2,32,33)/t15-,16-. The minimum Gasteiger partial charge on any atom is -0.383 e. The van der Waals surface area contributed by atoms with Gasteiger partial charge in [0.1, 0.15) is 28.0 Å². The lowest BCUT2D eigenvalue weighted by atomic mass is 9.82. The van der Waals surface area contributed by atoms with E-state index in [0.717, 1.165) is 48.9 Å². The van der Waals surface area contributed by atoms with Crippen LogP contribution in [0.1, 0.15) is 57.1 Å². The summed E-state index contributed by atoms with van der Waals surface area (Å²) in [5.74, 6) is -1.53. The minimum atomic E-state index is -4.28. The lowest BCUT2D eigenvalue weighted by Gasteiger charge is -2.27. The van der Waals surface area contributed by atoms with Gasteiger partial charge in [-0.2, -0.15) is 5.10 Å². The van der Waals surface area contributed by atoms with E-state index in [1.807, 2.05) is 13.8 Å². The van der Waals surface area contributed by atoms with Gasteiger partial charge in [-0.25, -0.2) is 22.2 Å². The molecular weight excluding hydrogens is 546 g/mol. The van der Waals surface area contributed by atoms with Gasteiger partial charge in [-0.05, 0) is 69.2 Å². The Morgan fingerprint density at radius 1 is 1.10 bits per heavy atom. The second-order valence-electron chi connectivity index (χ2n) is 10.2. The van der Waals surface area contributed by atoms with Crippen LogP contribution in [0.25, 0.3) is 22.2 Å². The molecule has 1 fully saturated rings. The van der Waals surface area contributed by atoms with Crippen molar-refractivity contribution in [3.63, 3.8) is 0 Å². The molecule has 12 heteroatoms. The Kier molecular flexibility index (Phi) is 7.25. The number of nitrogens with zero attached hydrogens (tertiary/aromatic N) is 3. The summed E-state index contributed by atoms with van der Waals surface area (Å²) in [6.07, 6.45) is 5.26. The van der Waals surface area contributed by atoms with Crippen molar-refractivity contribution in [2.24, 2.45) is 5.73 Å². The highest BCUT2D eigenvalue weighted by Crippen LogP contribution is 2.42. The van der Waals surface area contributed by atoms with Gasteiger partial charge in [-0.1, -0.05) is 23.7 Å². The van der Waals surface area contributed by atoms with Gasteiger partial charge in [0.25, 0.3) is 10.0 Å². The Morgan fingerprint density at radius 3 is 2.46 bits per heavy atom. The van der Waals surface area contributed by atoms with Crippen molar-refractivity contribution < 1.29 is 17.2 Å². The fourth-order valence-electron chi connectivity index (χ4n) is 5.18. The van der Waals surface area contributed by atoms with Gasteiger partial charge < -0.3 is 11.5 Å². The molecular formula is C27H29ClF2N6O2S. The van der Waals surface area contributed by atoms with Crippen molar-refractivity contribution in [1.82, 2.24) is 14.8 Å². The first-order valence-corrected chi connectivity index (χ1v) is 14.5. The number of anilines is 2. The number of nitrogens with one attached hydrogen (secondary N) is 1. The zero-order chi connectivity index (χ0) is 28.1. The average Bonchev–Trinajstić information content (AvgIpc) is 3.29. The van der Waals surface area contributed by atoms with Gasteiger partial charge in [-0.15, -0.1) is 0 Å². The monoisotopic (exact) mass is 574 g/mol. The maximum Gasteiger partial charge on any atom is 0.263 e. The SMILES string of the molecule is CC(C)n1nc(-c2cc(F)c(NS(=O)(=O)c3ccccc3Cl)cc2F)c2c(N)ncc([C@H]3CC[C@H](N)CC3)c21. The predicted octanol–water partition coefficient (Wildman–Crippen LogP) is 5.98. The largest absolute Gasteiger partial charge is 0.383 e. The molecule has 4 aromatic rings. The van der Waals surface area contributed by atoms with Crippen LogP contribution in [0.5, 0.6) is 0 Å². The molecule has 0 bridgehead atoms. The van der Waals surface area contributed by atoms with Gasteiger partial charge in [-0.3, -0.25) is 9.40 Å². The molecule has 8 nitrogen and oxygen atoms in total. The summed E-state index contributed by atoms with van der Waals surface area (Å²) in [5, 5.41) is 5.05. The van der Waals surface area contributed by atoms with Crippen LogP contribution in [0.4, 0.5) is 20.3 Å². The molecule has 39 heavy (non-hydrogen) atoms. The predicted molar refractivity (Wildman–Crippen MR) is 149 cm³/mol. The summed E-state index contributed by atoms with van der Waals surface area (Å²) in [7, 11) is -4.28. The molecule has 0 saturated heterocycles. The molecule has 0 aliphatic heterocycles. The summed E-state index contributed by atoms with van der Waals surface area (Å²) in [4.78, 5) is 4.14. The van der Waals surface area contributed by atoms with Crippen molar-refractivity contribution in [2.45, 2.75) is 62.4 Å². The van der Waals surface area contributed by atoms with E-state index in [-0.39, 0.29) is 45.0 Å². The lowest BCUT2D eigenvalue weighted by Crippen LogP contribution is -2.26. The Hall–Kier alpha value is -3.28. The van der Waals surface area contributed by atoms with E-state index in [1.165, 1.54) is 18.2 Å². The number of pyridine rings is 1. The number of halogens is 3. The number of sulfonamides is 1. The Balaban J connectivity index is 1.62. The van der Waals surface area contributed by atoms with Crippen LogP contribution in [-0.2, 0) is 10.0 Å². The van der Waals surface area contributed by atoms with E-state index in [2.05, 4.69) is 14.8 Å². The van der Waals surface area contributed by atoms with Gasteiger partial charge in [0.2, 0.25) is 0 Å². The topological polar surface area (TPSA) is 129 Å². The van der Waals surface area contributed by atoms with Gasteiger partial charge in [0, 0.05) is 29.9 Å².